The van der Waals surface area contributed by atoms with Crippen LogP contribution < -0.4 is 0 Å². The van der Waals surface area contributed by atoms with Gasteiger partial charge in [0.1, 0.15) is 6.29 Å². The van der Waals surface area contributed by atoms with Gasteiger partial charge < -0.3 is 9.53 Å². The summed E-state index contributed by atoms with van der Waals surface area (Å²) >= 11 is 0. The van der Waals surface area contributed by atoms with Gasteiger partial charge in [-0.3, -0.25) is 4.90 Å². The Labute approximate surface area is 137 Å². The molecule has 0 saturated carbocycles. The zero-order valence-corrected chi connectivity index (χ0v) is 13.6. The van der Waals surface area contributed by atoms with Crippen LogP contribution >= 0.6 is 0 Å². The summed E-state index contributed by atoms with van der Waals surface area (Å²) in [5.41, 5.74) is 3.14. The van der Waals surface area contributed by atoms with Crippen molar-refractivity contribution in [2.45, 2.75) is 18.9 Å². The fourth-order valence-electron chi connectivity index (χ4n) is 3.16. The first-order chi connectivity index (χ1) is 11.2. The predicted octanol–water partition coefficient (Wildman–Crippen LogP) is 3.19. The molecule has 1 saturated heterocycles. The van der Waals surface area contributed by atoms with Gasteiger partial charge in [0, 0.05) is 13.1 Å². The number of hydrogen-bond acceptors (Lipinski definition) is 3. The molecule has 3 heteroatoms. The molecule has 23 heavy (non-hydrogen) atoms. The molecule has 1 atom stereocenters. The third kappa shape index (κ3) is 3.69. The molecule has 3 nitrogen and oxygen atoms in total. The molecular weight excluding hydrogens is 286 g/mol. The molecular formula is C20H23NO2. The third-order valence-electron chi connectivity index (χ3n) is 4.61. The summed E-state index contributed by atoms with van der Waals surface area (Å²) in [7, 11) is 0. The van der Waals surface area contributed by atoms with E-state index >= 15 is 0 Å². The minimum atomic E-state index is -0.460. The lowest BCUT2D eigenvalue weighted by molar-refractivity contribution is -0.120. The fourth-order valence-corrected chi connectivity index (χ4v) is 3.16. The van der Waals surface area contributed by atoms with Gasteiger partial charge in [0.05, 0.1) is 18.8 Å². The van der Waals surface area contributed by atoms with E-state index in [4.69, 9.17) is 4.74 Å². The van der Waals surface area contributed by atoms with E-state index in [0.717, 1.165) is 25.8 Å². The minimum Gasteiger partial charge on any atom is -0.379 e. The van der Waals surface area contributed by atoms with Gasteiger partial charge in [-0.15, -0.1) is 0 Å². The molecule has 2 aromatic carbocycles. The molecule has 1 unspecified atom stereocenters. The van der Waals surface area contributed by atoms with E-state index < -0.39 is 5.54 Å². The zero-order chi connectivity index (χ0) is 16.1. The molecule has 1 heterocycles. The van der Waals surface area contributed by atoms with Gasteiger partial charge in [0.15, 0.2) is 0 Å². The molecule has 0 amide bonds. The van der Waals surface area contributed by atoms with E-state index in [9.17, 15) is 4.79 Å². The second kappa shape index (κ2) is 7.07. The van der Waals surface area contributed by atoms with E-state index in [1.807, 2.05) is 25.1 Å². The van der Waals surface area contributed by atoms with Gasteiger partial charge >= 0.3 is 0 Å². The SMILES string of the molecule is CC(C=O)(Cc1ccc(-c2ccccc2)cc1)N1CCOCC1. The standard InChI is InChI=1S/C20H23NO2/c1-20(16-22,21-11-13-23-14-12-21)15-17-7-9-19(10-8-17)18-5-3-2-4-6-18/h2-10,16H,11-15H2,1H3. The van der Waals surface area contributed by atoms with Gasteiger partial charge in [0.2, 0.25) is 0 Å². The molecule has 2 aromatic rings. The van der Waals surface area contributed by atoms with E-state index in [0.29, 0.717) is 13.2 Å². The number of benzene rings is 2. The van der Waals surface area contributed by atoms with Gasteiger partial charge in [-0.05, 0) is 30.0 Å². The smallest absolute Gasteiger partial charge is 0.140 e. The summed E-state index contributed by atoms with van der Waals surface area (Å²) < 4.78 is 5.40. The fraction of sp³-hybridized carbons (Fsp3) is 0.350. The summed E-state index contributed by atoms with van der Waals surface area (Å²) in [6.07, 6.45) is 1.81. The number of carbonyl (C=O) groups is 1. The van der Waals surface area contributed by atoms with Gasteiger partial charge in [-0.2, -0.15) is 0 Å². The normalized spacial score (nSPS) is 18.3. The lowest BCUT2D eigenvalue weighted by Crippen LogP contribution is -2.54. The monoisotopic (exact) mass is 309 g/mol. The van der Waals surface area contributed by atoms with Crippen LogP contribution in [-0.4, -0.2) is 43.0 Å². The summed E-state index contributed by atoms with van der Waals surface area (Å²) in [6, 6.07) is 18.9. The van der Waals surface area contributed by atoms with E-state index in [2.05, 4.69) is 41.3 Å². The first kappa shape index (κ1) is 15.9. The number of morpholine rings is 1. The first-order valence-corrected chi connectivity index (χ1v) is 8.15. The second-order valence-electron chi connectivity index (χ2n) is 6.31. The Bertz CT molecular complexity index is 632. The highest BCUT2D eigenvalue weighted by Crippen LogP contribution is 2.23. The summed E-state index contributed by atoms with van der Waals surface area (Å²) in [6.45, 7) is 5.07. The molecule has 1 aliphatic rings. The van der Waals surface area contributed by atoms with Crippen LogP contribution in [0.3, 0.4) is 0 Å². The summed E-state index contributed by atoms with van der Waals surface area (Å²) in [5.74, 6) is 0. The second-order valence-corrected chi connectivity index (χ2v) is 6.31. The highest BCUT2D eigenvalue weighted by Gasteiger charge is 2.32. The zero-order valence-electron chi connectivity index (χ0n) is 13.6. The number of aldehydes is 1. The summed E-state index contributed by atoms with van der Waals surface area (Å²) in [4.78, 5) is 14.0. The van der Waals surface area contributed by atoms with Crippen LogP contribution in [-0.2, 0) is 16.0 Å². The van der Waals surface area contributed by atoms with Crippen LogP contribution in [0.4, 0.5) is 0 Å². The van der Waals surface area contributed by atoms with Crippen molar-refractivity contribution in [3.63, 3.8) is 0 Å². The Balaban J connectivity index is 1.75. The average molecular weight is 309 g/mol. The van der Waals surface area contributed by atoms with Crippen LogP contribution in [0.5, 0.6) is 0 Å². The maximum absolute atomic E-state index is 11.7. The number of rotatable bonds is 5. The van der Waals surface area contributed by atoms with Crippen molar-refractivity contribution >= 4 is 6.29 Å². The first-order valence-electron chi connectivity index (χ1n) is 8.15. The predicted molar refractivity (Wildman–Crippen MR) is 92.4 cm³/mol. The molecule has 0 spiro atoms. The Hall–Kier alpha value is -1.97. The number of carbonyl (C=O) groups excluding carboxylic acids is 1. The number of hydrogen-bond donors (Lipinski definition) is 0. The van der Waals surface area contributed by atoms with Gasteiger partial charge in [-0.1, -0.05) is 54.6 Å². The lowest BCUT2D eigenvalue weighted by atomic mass is 9.91. The van der Waals surface area contributed by atoms with Gasteiger partial charge in [0.25, 0.3) is 0 Å². The Kier molecular flexibility index (Phi) is 4.89. The molecule has 0 aliphatic carbocycles. The largest absolute Gasteiger partial charge is 0.379 e. The molecule has 0 radical (unpaired) electrons. The topological polar surface area (TPSA) is 29.5 Å². The van der Waals surface area contributed by atoms with E-state index in [1.165, 1.54) is 16.7 Å². The van der Waals surface area contributed by atoms with Gasteiger partial charge in [-0.25, -0.2) is 0 Å². The van der Waals surface area contributed by atoms with Crippen LogP contribution in [0.2, 0.25) is 0 Å². The molecule has 0 aromatic heterocycles. The van der Waals surface area contributed by atoms with Crippen molar-refractivity contribution in [2.75, 3.05) is 26.3 Å². The molecule has 1 aliphatic heterocycles. The molecule has 120 valence electrons. The maximum Gasteiger partial charge on any atom is 0.140 e. The van der Waals surface area contributed by atoms with Crippen LogP contribution in [0.1, 0.15) is 12.5 Å². The van der Waals surface area contributed by atoms with E-state index in [-0.39, 0.29) is 0 Å². The van der Waals surface area contributed by atoms with E-state index in [1.54, 1.807) is 0 Å². The quantitative estimate of drug-likeness (QED) is 0.795. The Morgan fingerprint density at radius 1 is 1.00 bits per heavy atom. The Morgan fingerprint density at radius 3 is 2.22 bits per heavy atom. The molecule has 1 fully saturated rings. The maximum atomic E-state index is 11.7. The molecule has 3 rings (SSSR count). The van der Waals surface area contributed by atoms with Crippen molar-refractivity contribution in [3.8, 4) is 11.1 Å². The molecule has 0 N–H and O–H groups in total. The number of nitrogens with zero attached hydrogens (tertiary/aromatic N) is 1. The third-order valence-corrected chi connectivity index (χ3v) is 4.61. The van der Waals surface area contributed by atoms with Crippen LogP contribution in [0.25, 0.3) is 11.1 Å². The van der Waals surface area contributed by atoms with Crippen LogP contribution in [0, 0.1) is 0 Å². The van der Waals surface area contributed by atoms with Crippen molar-refractivity contribution in [1.82, 2.24) is 4.90 Å². The minimum absolute atomic E-state index is 0.460. The van der Waals surface area contributed by atoms with Crippen LogP contribution in [0.15, 0.2) is 54.6 Å². The van der Waals surface area contributed by atoms with Crippen molar-refractivity contribution < 1.29 is 9.53 Å². The average Bonchev–Trinajstić information content (AvgIpc) is 2.64. The van der Waals surface area contributed by atoms with Crippen molar-refractivity contribution in [3.05, 3.63) is 60.2 Å². The Morgan fingerprint density at radius 2 is 1.61 bits per heavy atom. The highest BCUT2D eigenvalue weighted by molar-refractivity contribution is 5.66. The van der Waals surface area contributed by atoms with Crippen molar-refractivity contribution in [2.24, 2.45) is 0 Å². The summed E-state index contributed by atoms with van der Waals surface area (Å²) in [5, 5.41) is 0. The molecule has 0 bridgehead atoms. The highest BCUT2D eigenvalue weighted by atomic mass is 16.5. The lowest BCUT2D eigenvalue weighted by Gasteiger charge is -2.39. The number of ether oxygens (including phenoxy) is 1. The van der Waals surface area contributed by atoms with Crippen molar-refractivity contribution in [1.29, 1.82) is 0 Å².